The average Bonchev–Trinajstić information content (AvgIpc) is 2.98. The molecular formula is C17H21ClN2O5. The van der Waals surface area contributed by atoms with Crippen molar-refractivity contribution in [2.45, 2.75) is 18.9 Å². The quantitative estimate of drug-likeness (QED) is 0.875. The molecule has 7 nitrogen and oxygen atoms in total. The molecule has 2 saturated heterocycles. The molecule has 0 spiro atoms. The normalized spacial score (nSPS) is 22.2. The zero-order valence-corrected chi connectivity index (χ0v) is 15.2. The van der Waals surface area contributed by atoms with Gasteiger partial charge in [-0.25, -0.2) is 0 Å². The van der Waals surface area contributed by atoms with Crippen LogP contribution in [0, 0.1) is 5.92 Å². The van der Waals surface area contributed by atoms with Crippen molar-refractivity contribution in [1.82, 2.24) is 10.2 Å². The number of rotatable bonds is 4. The Hall–Kier alpha value is -2.15. The molecule has 0 aliphatic carbocycles. The summed E-state index contributed by atoms with van der Waals surface area (Å²) in [6.45, 7) is 1.09. The lowest BCUT2D eigenvalue weighted by Gasteiger charge is -2.34. The number of benzene rings is 1. The first kappa shape index (κ1) is 17.7. The first-order valence-corrected chi connectivity index (χ1v) is 8.45. The zero-order chi connectivity index (χ0) is 18.1. The monoisotopic (exact) mass is 368 g/mol. The minimum atomic E-state index is -0.197. The Kier molecular flexibility index (Phi) is 4.94. The second-order valence-corrected chi connectivity index (χ2v) is 6.59. The third-order valence-electron chi connectivity index (χ3n) is 4.80. The summed E-state index contributed by atoms with van der Waals surface area (Å²) in [6.07, 6.45) is 1.20. The Morgan fingerprint density at radius 2 is 1.88 bits per heavy atom. The fraction of sp³-hybridized carbons (Fsp3) is 0.529. The SMILES string of the molecule is COc1c(Cl)cc(C(=O)N2CC[C@@H]3NC(=O)C[C@@H]3C2)c(OC)c1OC. The van der Waals surface area contributed by atoms with Gasteiger partial charge in [-0.05, 0) is 12.5 Å². The maximum Gasteiger partial charge on any atom is 0.257 e. The van der Waals surface area contributed by atoms with Crippen molar-refractivity contribution in [3.05, 3.63) is 16.7 Å². The number of ether oxygens (including phenoxy) is 3. The van der Waals surface area contributed by atoms with Gasteiger partial charge < -0.3 is 24.4 Å². The van der Waals surface area contributed by atoms with E-state index in [1.807, 2.05) is 0 Å². The number of hydrogen-bond donors (Lipinski definition) is 1. The van der Waals surface area contributed by atoms with E-state index >= 15 is 0 Å². The van der Waals surface area contributed by atoms with E-state index in [4.69, 9.17) is 25.8 Å². The molecular weight excluding hydrogens is 348 g/mol. The lowest BCUT2D eigenvalue weighted by Crippen LogP contribution is -2.47. The molecule has 2 amide bonds. The van der Waals surface area contributed by atoms with E-state index in [1.54, 1.807) is 4.90 Å². The molecule has 2 fully saturated rings. The molecule has 8 heteroatoms. The van der Waals surface area contributed by atoms with Gasteiger partial charge in [0.2, 0.25) is 11.7 Å². The Morgan fingerprint density at radius 3 is 2.52 bits per heavy atom. The first-order chi connectivity index (χ1) is 12.0. The predicted octanol–water partition coefficient (Wildman–Crippen LogP) is 1.72. The van der Waals surface area contributed by atoms with E-state index in [9.17, 15) is 9.59 Å². The molecule has 3 rings (SSSR count). The van der Waals surface area contributed by atoms with Gasteiger partial charge in [-0.3, -0.25) is 9.59 Å². The molecule has 2 atom stereocenters. The Balaban J connectivity index is 1.92. The van der Waals surface area contributed by atoms with Crippen molar-refractivity contribution in [3.63, 3.8) is 0 Å². The number of carbonyl (C=O) groups is 2. The average molecular weight is 369 g/mol. The Bertz CT molecular complexity index is 709. The summed E-state index contributed by atoms with van der Waals surface area (Å²) in [7, 11) is 4.40. The number of piperidine rings is 1. The standard InChI is InChI=1S/C17H21ClN2O5/c1-23-14-10(7-11(18)15(24-2)16(14)25-3)17(22)20-5-4-12-9(8-20)6-13(21)19-12/h7,9,12H,4-6,8H2,1-3H3,(H,19,21)/t9-,12+/m1/s1. The van der Waals surface area contributed by atoms with Gasteiger partial charge in [-0.1, -0.05) is 11.6 Å². The van der Waals surface area contributed by atoms with Crippen molar-refractivity contribution in [2.75, 3.05) is 34.4 Å². The third kappa shape index (κ3) is 3.08. The predicted molar refractivity (Wildman–Crippen MR) is 91.7 cm³/mol. The number of methoxy groups -OCH3 is 3. The lowest BCUT2D eigenvalue weighted by molar-refractivity contribution is -0.119. The van der Waals surface area contributed by atoms with Gasteiger partial charge in [0.05, 0.1) is 31.9 Å². The third-order valence-corrected chi connectivity index (χ3v) is 5.08. The summed E-state index contributed by atoms with van der Waals surface area (Å²) < 4.78 is 16.0. The van der Waals surface area contributed by atoms with Gasteiger partial charge in [-0.15, -0.1) is 0 Å². The number of fused-ring (bicyclic) bond motifs is 1. The molecule has 0 saturated carbocycles. The second kappa shape index (κ2) is 7.00. The van der Waals surface area contributed by atoms with Crippen LogP contribution in [0.15, 0.2) is 6.07 Å². The minimum absolute atomic E-state index is 0.0519. The highest BCUT2D eigenvalue weighted by molar-refractivity contribution is 6.33. The van der Waals surface area contributed by atoms with Crippen LogP contribution in [0.4, 0.5) is 0 Å². The van der Waals surface area contributed by atoms with Crippen LogP contribution < -0.4 is 19.5 Å². The summed E-state index contributed by atoms with van der Waals surface area (Å²) >= 11 is 6.25. The molecule has 136 valence electrons. The summed E-state index contributed by atoms with van der Waals surface area (Å²) in [4.78, 5) is 26.4. The largest absolute Gasteiger partial charge is 0.492 e. The summed E-state index contributed by atoms with van der Waals surface area (Å²) in [6, 6.07) is 1.70. The van der Waals surface area contributed by atoms with Crippen molar-refractivity contribution < 1.29 is 23.8 Å². The highest BCUT2D eigenvalue weighted by Gasteiger charge is 2.39. The number of nitrogens with zero attached hydrogens (tertiary/aromatic N) is 1. The van der Waals surface area contributed by atoms with Crippen LogP contribution in [0.3, 0.4) is 0 Å². The molecule has 2 heterocycles. The molecule has 1 aromatic rings. The number of nitrogens with one attached hydrogen (secondary N) is 1. The fourth-order valence-electron chi connectivity index (χ4n) is 3.62. The maximum absolute atomic E-state index is 13.1. The molecule has 0 radical (unpaired) electrons. The Labute approximate surface area is 151 Å². The Morgan fingerprint density at radius 1 is 1.20 bits per heavy atom. The van der Waals surface area contributed by atoms with Crippen LogP contribution in [0.2, 0.25) is 5.02 Å². The highest BCUT2D eigenvalue weighted by Crippen LogP contribution is 2.45. The van der Waals surface area contributed by atoms with Crippen LogP contribution in [0.5, 0.6) is 17.2 Å². The topological polar surface area (TPSA) is 77.1 Å². The summed E-state index contributed by atoms with van der Waals surface area (Å²) in [5, 5.41) is 3.23. The van der Waals surface area contributed by atoms with Crippen LogP contribution in [0.1, 0.15) is 23.2 Å². The van der Waals surface area contributed by atoms with Crippen molar-refractivity contribution in [3.8, 4) is 17.2 Å². The van der Waals surface area contributed by atoms with E-state index in [2.05, 4.69) is 5.32 Å². The molecule has 0 aromatic heterocycles. The van der Waals surface area contributed by atoms with Gasteiger partial charge in [0.15, 0.2) is 11.5 Å². The van der Waals surface area contributed by atoms with E-state index in [0.717, 1.165) is 6.42 Å². The van der Waals surface area contributed by atoms with E-state index in [1.165, 1.54) is 27.4 Å². The summed E-state index contributed by atoms with van der Waals surface area (Å²) in [5.41, 5.74) is 0.320. The molecule has 1 N–H and O–H groups in total. The lowest BCUT2D eigenvalue weighted by atomic mass is 9.93. The van der Waals surface area contributed by atoms with Gasteiger partial charge in [-0.2, -0.15) is 0 Å². The number of halogens is 1. The molecule has 2 aliphatic heterocycles. The van der Waals surface area contributed by atoms with Crippen molar-refractivity contribution in [1.29, 1.82) is 0 Å². The van der Waals surface area contributed by atoms with Crippen molar-refractivity contribution >= 4 is 23.4 Å². The van der Waals surface area contributed by atoms with E-state index < -0.39 is 0 Å². The van der Waals surface area contributed by atoms with Crippen molar-refractivity contribution in [2.24, 2.45) is 5.92 Å². The summed E-state index contributed by atoms with van der Waals surface area (Å²) in [5.74, 6) is 0.896. The fourth-order valence-corrected chi connectivity index (χ4v) is 3.89. The number of likely N-dealkylation sites (tertiary alicyclic amines) is 1. The van der Waals surface area contributed by atoms with Crippen LogP contribution in [0.25, 0.3) is 0 Å². The molecule has 25 heavy (non-hydrogen) atoms. The van der Waals surface area contributed by atoms with E-state index in [0.29, 0.717) is 30.8 Å². The molecule has 0 bridgehead atoms. The van der Waals surface area contributed by atoms with Gasteiger partial charge in [0.25, 0.3) is 5.91 Å². The highest BCUT2D eigenvalue weighted by atomic mass is 35.5. The van der Waals surface area contributed by atoms with Crippen LogP contribution in [-0.4, -0.2) is 57.2 Å². The van der Waals surface area contributed by atoms with Gasteiger partial charge in [0.1, 0.15) is 0 Å². The number of carbonyl (C=O) groups excluding carboxylic acids is 2. The molecule has 0 unspecified atom stereocenters. The molecule has 1 aromatic carbocycles. The number of hydrogen-bond acceptors (Lipinski definition) is 5. The molecule has 2 aliphatic rings. The first-order valence-electron chi connectivity index (χ1n) is 8.07. The van der Waals surface area contributed by atoms with Gasteiger partial charge in [0, 0.05) is 31.5 Å². The number of amides is 2. The van der Waals surface area contributed by atoms with Crippen LogP contribution >= 0.6 is 11.6 Å². The van der Waals surface area contributed by atoms with Gasteiger partial charge >= 0.3 is 0 Å². The smallest absolute Gasteiger partial charge is 0.257 e. The minimum Gasteiger partial charge on any atom is -0.492 e. The maximum atomic E-state index is 13.1. The van der Waals surface area contributed by atoms with E-state index in [-0.39, 0.29) is 40.3 Å². The zero-order valence-electron chi connectivity index (χ0n) is 14.4. The van der Waals surface area contributed by atoms with Crippen LogP contribution in [-0.2, 0) is 4.79 Å². The second-order valence-electron chi connectivity index (χ2n) is 6.18.